The Morgan fingerprint density at radius 2 is 2.03 bits per heavy atom. The number of hydrogen-bond donors (Lipinski definition) is 2. The molecule has 6 rings (SSSR count). The monoisotopic (exact) mass is 484 g/mol. The molecule has 0 amide bonds. The molecular weight excluding hydrogens is 460 g/mol. The second kappa shape index (κ2) is 7.62. The van der Waals surface area contributed by atoms with Crippen molar-refractivity contribution >= 4 is 33.9 Å². The van der Waals surface area contributed by atoms with Gasteiger partial charge in [0.05, 0.1) is 44.2 Å². The first-order chi connectivity index (χ1) is 15.9. The predicted octanol–water partition coefficient (Wildman–Crippen LogP) is 2.77. The minimum atomic E-state index is -1.17. The molecule has 2 N–H and O–H groups in total. The Bertz CT molecular complexity index is 1170. The maximum Gasteiger partial charge on any atom is 0.149 e. The summed E-state index contributed by atoms with van der Waals surface area (Å²) < 4.78 is 12.8. The number of nitrogens with one attached hydrogen (secondary N) is 1. The lowest BCUT2D eigenvalue weighted by Gasteiger charge is -2.59. The van der Waals surface area contributed by atoms with Crippen LogP contribution >= 0.6 is 11.6 Å². The maximum atomic E-state index is 12.8. The van der Waals surface area contributed by atoms with E-state index in [0.717, 1.165) is 56.7 Å². The Labute approximate surface area is 199 Å². The molecule has 3 fully saturated rings. The summed E-state index contributed by atoms with van der Waals surface area (Å²) in [7, 11) is -1.17. The van der Waals surface area contributed by atoms with Gasteiger partial charge in [0.1, 0.15) is 23.3 Å². The van der Waals surface area contributed by atoms with Crippen molar-refractivity contribution in [1.29, 1.82) is 5.26 Å². The van der Waals surface area contributed by atoms with Gasteiger partial charge >= 0.3 is 0 Å². The van der Waals surface area contributed by atoms with Gasteiger partial charge in [0.2, 0.25) is 0 Å². The predicted molar refractivity (Wildman–Crippen MR) is 125 cm³/mol. The summed E-state index contributed by atoms with van der Waals surface area (Å²) in [4.78, 5) is 16.4. The minimum Gasteiger partial charge on any atom is -0.394 e. The minimum absolute atomic E-state index is 0.00207. The van der Waals surface area contributed by atoms with E-state index >= 15 is 0 Å². The van der Waals surface area contributed by atoms with Crippen molar-refractivity contribution < 1.29 is 9.32 Å². The normalized spacial score (nSPS) is 24.4. The van der Waals surface area contributed by atoms with Gasteiger partial charge in [-0.3, -0.25) is 4.21 Å². The van der Waals surface area contributed by atoms with E-state index in [4.69, 9.17) is 16.6 Å². The number of pyridine rings is 1. The van der Waals surface area contributed by atoms with Crippen LogP contribution in [0.1, 0.15) is 55.1 Å². The number of aliphatic hydroxyl groups is 1. The molecule has 172 valence electrons. The molecule has 2 aromatic rings. The summed E-state index contributed by atoms with van der Waals surface area (Å²) in [6.07, 6.45) is 8.69. The third kappa shape index (κ3) is 3.34. The third-order valence-electron chi connectivity index (χ3n) is 7.79. The number of rotatable bonds is 5. The number of anilines is 2. The summed E-state index contributed by atoms with van der Waals surface area (Å²) in [6, 6.07) is 2.35. The van der Waals surface area contributed by atoms with Crippen LogP contribution in [0, 0.1) is 16.7 Å². The van der Waals surface area contributed by atoms with Crippen LogP contribution in [0.15, 0.2) is 17.3 Å². The molecule has 0 unspecified atom stereocenters. The summed E-state index contributed by atoms with van der Waals surface area (Å²) >= 11 is 5.91. The SMILES string of the molecule is N#Cc1c(N2CC3(CC(c4ncc(Cl)cn4)C3)C2)nc2c(c1NC1(CO)CCC1)[S@](=O)CC2. The Kier molecular flexibility index (Phi) is 4.91. The summed E-state index contributed by atoms with van der Waals surface area (Å²) in [5.41, 5.74) is 1.68. The molecule has 33 heavy (non-hydrogen) atoms. The number of fused-ring (bicyclic) bond motifs is 1. The Hall–Kier alpha value is -2.28. The van der Waals surface area contributed by atoms with Gasteiger partial charge in [-0.2, -0.15) is 5.26 Å². The fourth-order valence-corrected chi connectivity index (χ4v) is 7.30. The lowest BCUT2D eigenvalue weighted by Crippen LogP contribution is -2.62. The van der Waals surface area contributed by atoms with Crippen LogP contribution in [-0.4, -0.2) is 55.3 Å². The second-order valence-corrected chi connectivity index (χ2v) is 12.0. The molecule has 4 aliphatic rings. The quantitative estimate of drug-likeness (QED) is 0.665. The van der Waals surface area contributed by atoms with Crippen LogP contribution in [0.4, 0.5) is 11.5 Å². The zero-order chi connectivity index (χ0) is 22.8. The molecule has 0 bridgehead atoms. The first-order valence-corrected chi connectivity index (χ1v) is 13.1. The fourth-order valence-electron chi connectivity index (χ4n) is 5.83. The lowest BCUT2D eigenvalue weighted by molar-refractivity contribution is 0.0589. The number of aromatic nitrogens is 3. The van der Waals surface area contributed by atoms with Crippen molar-refractivity contribution in [2.45, 2.75) is 54.9 Å². The Morgan fingerprint density at radius 3 is 2.64 bits per heavy atom. The number of aliphatic hydroxyl groups excluding tert-OH is 1. The lowest BCUT2D eigenvalue weighted by atomic mass is 9.57. The van der Waals surface area contributed by atoms with Crippen LogP contribution in [-0.2, 0) is 17.2 Å². The van der Waals surface area contributed by atoms with Crippen molar-refractivity contribution in [2.75, 3.05) is 35.7 Å². The number of halogens is 1. The zero-order valence-corrected chi connectivity index (χ0v) is 19.8. The van der Waals surface area contributed by atoms with Gasteiger partial charge in [0.25, 0.3) is 0 Å². The van der Waals surface area contributed by atoms with Gasteiger partial charge in [0.15, 0.2) is 0 Å². The molecule has 1 saturated heterocycles. The highest BCUT2D eigenvalue weighted by molar-refractivity contribution is 7.85. The van der Waals surface area contributed by atoms with E-state index in [1.807, 2.05) is 0 Å². The van der Waals surface area contributed by atoms with E-state index in [2.05, 4.69) is 26.3 Å². The van der Waals surface area contributed by atoms with Crippen LogP contribution in [0.25, 0.3) is 0 Å². The largest absolute Gasteiger partial charge is 0.394 e. The molecule has 4 heterocycles. The summed E-state index contributed by atoms with van der Waals surface area (Å²) in [5.74, 6) is 2.41. The summed E-state index contributed by atoms with van der Waals surface area (Å²) in [6.45, 7) is 1.67. The number of nitrogens with zero attached hydrogens (tertiary/aromatic N) is 5. The Morgan fingerprint density at radius 1 is 1.30 bits per heavy atom. The topological polar surface area (TPSA) is 115 Å². The second-order valence-electron chi connectivity index (χ2n) is 10.0. The van der Waals surface area contributed by atoms with E-state index in [1.54, 1.807) is 12.4 Å². The van der Waals surface area contributed by atoms with E-state index in [0.29, 0.717) is 45.1 Å². The van der Waals surface area contributed by atoms with E-state index < -0.39 is 16.3 Å². The highest BCUT2D eigenvalue weighted by Crippen LogP contribution is 2.56. The summed E-state index contributed by atoms with van der Waals surface area (Å²) in [5, 5.41) is 24.1. The highest BCUT2D eigenvalue weighted by Gasteiger charge is 2.54. The van der Waals surface area contributed by atoms with E-state index in [9.17, 15) is 14.6 Å². The van der Waals surface area contributed by atoms with Gasteiger partial charge in [-0.1, -0.05) is 11.6 Å². The van der Waals surface area contributed by atoms with Gasteiger partial charge in [-0.05, 0) is 32.1 Å². The average Bonchev–Trinajstić information content (AvgIpc) is 3.10. The maximum absolute atomic E-state index is 12.8. The molecule has 0 radical (unpaired) electrons. The molecule has 2 aliphatic carbocycles. The molecule has 2 aromatic heterocycles. The molecule has 10 heteroatoms. The first kappa shape index (κ1) is 21.3. The first-order valence-electron chi connectivity index (χ1n) is 11.4. The van der Waals surface area contributed by atoms with E-state index in [1.165, 1.54) is 0 Å². The highest BCUT2D eigenvalue weighted by atomic mass is 35.5. The molecule has 2 saturated carbocycles. The fraction of sp³-hybridized carbons (Fsp3) is 0.565. The third-order valence-corrected chi connectivity index (χ3v) is 9.45. The smallest absolute Gasteiger partial charge is 0.149 e. The van der Waals surface area contributed by atoms with Crippen molar-refractivity contribution in [3.63, 3.8) is 0 Å². The van der Waals surface area contributed by atoms with Gasteiger partial charge in [0, 0.05) is 49.0 Å². The van der Waals surface area contributed by atoms with Crippen molar-refractivity contribution in [3.05, 3.63) is 34.5 Å². The van der Waals surface area contributed by atoms with Crippen LogP contribution in [0.3, 0.4) is 0 Å². The molecule has 2 aliphatic heterocycles. The molecule has 1 spiro atoms. The Balaban J connectivity index is 1.26. The van der Waals surface area contributed by atoms with E-state index in [-0.39, 0.29) is 12.0 Å². The van der Waals surface area contributed by atoms with Crippen molar-refractivity contribution in [1.82, 2.24) is 15.0 Å². The number of nitriles is 1. The molecular formula is C23H25ClN6O2S. The molecule has 1 atom stereocenters. The average molecular weight is 485 g/mol. The number of aryl methyl sites for hydroxylation is 1. The molecule has 8 nitrogen and oxygen atoms in total. The zero-order valence-electron chi connectivity index (χ0n) is 18.2. The number of hydrogen-bond acceptors (Lipinski definition) is 8. The molecule has 0 aromatic carbocycles. The van der Waals surface area contributed by atoms with Gasteiger partial charge < -0.3 is 15.3 Å². The standard InChI is InChI=1S/C23H25ClN6O2S/c24-15-9-26-20(27-10-15)14-6-22(7-14)11-30(12-22)21-16(8-25)18(29-23(13-31)3-1-4-23)19-17(28-21)2-5-33(19)32/h9-10,14,31H,1-7,11-13H2,(H,28,29)/t33-/m1/s1. The van der Waals surface area contributed by atoms with Crippen molar-refractivity contribution in [3.8, 4) is 6.07 Å². The van der Waals surface area contributed by atoms with Gasteiger partial charge in [-0.25, -0.2) is 15.0 Å². The van der Waals surface area contributed by atoms with Crippen LogP contribution in [0.5, 0.6) is 0 Å². The van der Waals surface area contributed by atoms with Crippen LogP contribution < -0.4 is 10.2 Å². The van der Waals surface area contributed by atoms with Crippen molar-refractivity contribution in [2.24, 2.45) is 5.41 Å². The van der Waals surface area contributed by atoms with Crippen LogP contribution in [0.2, 0.25) is 5.02 Å². The van der Waals surface area contributed by atoms with Gasteiger partial charge in [-0.15, -0.1) is 0 Å².